The number of halogens is 3. The fourth-order valence-corrected chi connectivity index (χ4v) is 3.15. The zero-order valence-electron chi connectivity index (χ0n) is 15.4. The first-order valence-corrected chi connectivity index (χ1v) is 8.91. The van der Waals surface area contributed by atoms with Crippen molar-refractivity contribution in [1.82, 2.24) is 19.7 Å². The van der Waals surface area contributed by atoms with E-state index in [4.69, 9.17) is 0 Å². The van der Waals surface area contributed by atoms with Crippen LogP contribution in [0.4, 0.5) is 24.5 Å². The van der Waals surface area contributed by atoms with Gasteiger partial charge in [-0.15, -0.1) is 0 Å². The van der Waals surface area contributed by atoms with Crippen molar-refractivity contribution in [1.29, 1.82) is 0 Å². The standard InChI is InChI=1S/C19H15F3N6O2/c20-19(21,22)13-2-1-3-15(7-13)27-9-12(6-17(27)29)18(30)26-14-4-5-16(24-8-14)28-11-23-10-25-28/h1-5,7-8,10-12H,6,9H2,(H,26,30). The maximum Gasteiger partial charge on any atom is 0.416 e. The Bertz CT molecular complexity index is 1070. The van der Waals surface area contributed by atoms with Gasteiger partial charge in [0.25, 0.3) is 0 Å². The predicted octanol–water partition coefficient (Wildman–Crippen LogP) is 2.67. The maximum absolute atomic E-state index is 12.9. The Labute approximate surface area is 168 Å². The number of nitrogens with one attached hydrogen (secondary N) is 1. The predicted molar refractivity (Wildman–Crippen MR) is 99.7 cm³/mol. The van der Waals surface area contributed by atoms with Crippen molar-refractivity contribution < 1.29 is 22.8 Å². The van der Waals surface area contributed by atoms with E-state index in [0.717, 1.165) is 12.1 Å². The summed E-state index contributed by atoms with van der Waals surface area (Å²) in [6, 6.07) is 7.76. The summed E-state index contributed by atoms with van der Waals surface area (Å²) in [7, 11) is 0. The number of anilines is 2. The Morgan fingerprint density at radius 2 is 2.03 bits per heavy atom. The molecule has 3 heterocycles. The molecule has 1 atom stereocenters. The molecule has 8 nitrogen and oxygen atoms in total. The summed E-state index contributed by atoms with van der Waals surface area (Å²) in [5, 5.41) is 6.63. The minimum Gasteiger partial charge on any atom is -0.324 e. The molecule has 2 amide bonds. The number of hydrogen-bond acceptors (Lipinski definition) is 5. The van der Waals surface area contributed by atoms with Crippen molar-refractivity contribution in [2.45, 2.75) is 12.6 Å². The normalized spacial score (nSPS) is 16.7. The molecule has 0 aliphatic carbocycles. The average molecular weight is 416 g/mol. The smallest absolute Gasteiger partial charge is 0.324 e. The summed E-state index contributed by atoms with van der Waals surface area (Å²) in [6.07, 6.45) is -0.318. The quantitative estimate of drug-likeness (QED) is 0.706. The van der Waals surface area contributed by atoms with Crippen LogP contribution in [0, 0.1) is 5.92 Å². The number of carbonyl (C=O) groups is 2. The number of hydrogen-bond donors (Lipinski definition) is 1. The number of nitrogens with zero attached hydrogens (tertiary/aromatic N) is 5. The van der Waals surface area contributed by atoms with E-state index >= 15 is 0 Å². The van der Waals surface area contributed by atoms with Crippen LogP contribution in [0.15, 0.2) is 55.2 Å². The van der Waals surface area contributed by atoms with Crippen molar-refractivity contribution in [3.8, 4) is 5.82 Å². The molecule has 1 aliphatic rings. The first-order valence-electron chi connectivity index (χ1n) is 8.91. The van der Waals surface area contributed by atoms with Gasteiger partial charge in [0.1, 0.15) is 12.7 Å². The number of aromatic nitrogens is 4. The molecule has 0 saturated carbocycles. The molecule has 4 rings (SSSR count). The Morgan fingerprint density at radius 3 is 2.70 bits per heavy atom. The number of alkyl halides is 3. The van der Waals surface area contributed by atoms with Crippen LogP contribution in [0.25, 0.3) is 5.82 Å². The molecule has 30 heavy (non-hydrogen) atoms. The summed E-state index contributed by atoms with van der Waals surface area (Å²) in [5.41, 5.74) is -0.308. The van der Waals surface area contributed by atoms with E-state index in [9.17, 15) is 22.8 Å². The fraction of sp³-hybridized carbons (Fsp3) is 0.211. The number of benzene rings is 1. The Hall–Kier alpha value is -3.76. The second-order valence-electron chi connectivity index (χ2n) is 6.69. The van der Waals surface area contributed by atoms with E-state index in [1.54, 1.807) is 12.1 Å². The summed E-state index contributed by atoms with van der Waals surface area (Å²) in [5.74, 6) is -0.999. The molecule has 11 heteroatoms. The highest BCUT2D eigenvalue weighted by Gasteiger charge is 2.37. The van der Waals surface area contributed by atoms with Gasteiger partial charge in [0.05, 0.1) is 23.4 Å². The maximum atomic E-state index is 12.9. The van der Waals surface area contributed by atoms with E-state index in [2.05, 4.69) is 20.4 Å². The molecule has 154 valence electrons. The number of carbonyl (C=O) groups excluding carboxylic acids is 2. The minimum absolute atomic E-state index is 0.00353. The average Bonchev–Trinajstić information content (AvgIpc) is 3.38. The molecule has 1 saturated heterocycles. The van der Waals surface area contributed by atoms with Crippen molar-refractivity contribution in [3.63, 3.8) is 0 Å². The molecule has 1 unspecified atom stereocenters. The zero-order valence-corrected chi connectivity index (χ0v) is 15.4. The first kappa shape index (κ1) is 19.6. The van der Waals surface area contributed by atoms with Crippen molar-refractivity contribution >= 4 is 23.2 Å². The van der Waals surface area contributed by atoms with Gasteiger partial charge in [-0.05, 0) is 30.3 Å². The van der Waals surface area contributed by atoms with Crippen LogP contribution >= 0.6 is 0 Å². The molecule has 0 bridgehead atoms. The summed E-state index contributed by atoms with van der Waals surface area (Å²) < 4.78 is 40.3. The van der Waals surface area contributed by atoms with Crippen molar-refractivity contribution in [2.75, 3.05) is 16.8 Å². The van der Waals surface area contributed by atoms with Gasteiger partial charge in [0.15, 0.2) is 5.82 Å². The lowest BCUT2D eigenvalue weighted by molar-refractivity contribution is -0.137. The largest absolute Gasteiger partial charge is 0.416 e. The van der Waals surface area contributed by atoms with Crippen molar-refractivity contribution in [2.24, 2.45) is 5.92 Å². The molecule has 1 aromatic carbocycles. The summed E-state index contributed by atoms with van der Waals surface area (Å²) in [6.45, 7) is -0.00353. The van der Waals surface area contributed by atoms with E-state index in [0.29, 0.717) is 11.5 Å². The SMILES string of the molecule is O=C(Nc1ccc(-n2cncn2)nc1)C1CC(=O)N(c2cccc(C(F)(F)F)c2)C1. The van der Waals surface area contributed by atoms with Gasteiger partial charge in [-0.3, -0.25) is 9.59 Å². The van der Waals surface area contributed by atoms with Crippen LogP contribution in [0.3, 0.4) is 0 Å². The monoisotopic (exact) mass is 416 g/mol. The lowest BCUT2D eigenvalue weighted by atomic mass is 10.1. The van der Waals surface area contributed by atoms with Gasteiger partial charge in [0, 0.05) is 18.7 Å². The van der Waals surface area contributed by atoms with Crippen LogP contribution in [0.5, 0.6) is 0 Å². The number of amides is 2. The molecular formula is C19H15F3N6O2. The molecule has 1 N–H and O–H groups in total. The molecular weight excluding hydrogens is 401 g/mol. The Morgan fingerprint density at radius 1 is 1.20 bits per heavy atom. The van der Waals surface area contributed by atoms with Gasteiger partial charge < -0.3 is 10.2 Å². The zero-order chi connectivity index (χ0) is 21.3. The van der Waals surface area contributed by atoms with Gasteiger partial charge in [0.2, 0.25) is 11.8 Å². The fourth-order valence-electron chi connectivity index (χ4n) is 3.15. The third kappa shape index (κ3) is 4.00. The number of rotatable bonds is 4. The van der Waals surface area contributed by atoms with E-state index in [1.807, 2.05) is 0 Å². The van der Waals surface area contributed by atoms with Crippen LogP contribution in [-0.4, -0.2) is 38.1 Å². The molecule has 1 aliphatic heterocycles. The van der Waals surface area contributed by atoms with Gasteiger partial charge in [-0.25, -0.2) is 14.6 Å². The van der Waals surface area contributed by atoms with Crippen LogP contribution in [0.1, 0.15) is 12.0 Å². The summed E-state index contributed by atoms with van der Waals surface area (Å²) >= 11 is 0. The third-order valence-corrected chi connectivity index (χ3v) is 4.65. The van der Waals surface area contributed by atoms with E-state index in [1.165, 1.54) is 40.6 Å². The third-order valence-electron chi connectivity index (χ3n) is 4.65. The minimum atomic E-state index is -4.51. The second kappa shape index (κ2) is 7.58. The lowest BCUT2D eigenvalue weighted by Gasteiger charge is -2.18. The molecule has 3 aromatic rings. The highest BCUT2D eigenvalue weighted by atomic mass is 19.4. The summed E-state index contributed by atoms with van der Waals surface area (Å²) in [4.78, 5) is 34.1. The van der Waals surface area contributed by atoms with E-state index < -0.39 is 29.5 Å². The van der Waals surface area contributed by atoms with Crippen molar-refractivity contribution in [3.05, 3.63) is 60.8 Å². The number of pyridine rings is 1. The van der Waals surface area contributed by atoms with E-state index in [-0.39, 0.29) is 18.7 Å². The highest BCUT2D eigenvalue weighted by molar-refractivity contribution is 6.03. The molecule has 0 spiro atoms. The molecule has 2 aromatic heterocycles. The van der Waals surface area contributed by atoms with Crippen LogP contribution < -0.4 is 10.2 Å². The Kier molecular flexibility index (Phi) is 4.94. The molecule has 0 radical (unpaired) electrons. The van der Waals surface area contributed by atoms with Gasteiger partial charge in [-0.1, -0.05) is 6.07 Å². The van der Waals surface area contributed by atoms with Gasteiger partial charge >= 0.3 is 6.18 Å². The first-order chi connectivity index (χ1) is 14.3. The highest BCUT2D eigenvalue weighted by Crippen LogP contribution is 2.33. The molecule has 1 fully saturated rings. The topological polar surface area (TPSA) is 93.0 Å². The van der Waals surface area contributed by atoms with Crippen LogP contribution in [-0.2, 0) is 15.8 Å². The Balaban J connectivity index is 1.43. The second-order valence-corrected chi connectivity index (χ2v) is 6.69. The van der Waals surface area contributed by atoms with Gasteiger partial charge in [-0.2, -0.15) is 18.3 Å². The van der Waals surface area contributed by atoms with Crippen LogP contribution in [0.2, 0.25) is 0 Å². The lowest BCUT2D eigenvalue weighted by Crippen LogP contribution is -2.28.